The number of nitrogens with zero attached hydrogens (tertiary/aromatic N) is 4. The Hall–Kier alpha value is -3.48. The van der Waals surface area contributed by atoms with Crippen LogP contribution in [0.1, 0.15) is 34.6 Å². The Morgan fingerprint density at radius 1 is 1.27 bits per heavy atom. The first-order valence-electron chi connectivity index (χ1n) is 8.23. The summed E-state index contributed by atoms with van der Waals surface area (Å²) >= 11 is 0. The zero-order valence-corrected chi connectivity index (χ0v) is 14.4. The van der Waals surface area contributed by atoms with E-state index in [4.69, 9.17) is 4.42 Å². The number of aromatic nitrogens is 4. The highest BCUT2D eigenvalue weighted by Crippen LogP contribution is 2.29. The standard InChI is InChI=1S/C19H17N5O2/c1-12-15-5-3-4-6-16(15)26-18(12)13(2)23-19(25)14-7-8-21-17(9-14)24-11-20-10-22-24/h3-11,13H,1-2H3,(H,23,25)/t13-/m0/s1. The zero-order chi connectivity index (χ0) is 18.1. The van der Waals surface area contributed by atoms with E-state index in [0.29, 0.717) is 11.4 Å². The summed E-state index contributed by atoms with van der Waals surface area (Å²) in [6.45, 7) is 3.90. The summed E-state index contributed by atoms with van der Waals surface area (Å²) in [6, 6.07) is 10.9. The molecule has 0 fully saturated rings. The van der Waals surface area contributed by atoms with Crippen LogP contribution in [0, 0.1) is 6.92 Å². The van der Waals surface area contributed by atoms with Crippen molar-refractivity contribution < 1.29 is 9.21 Å². The molecule has 0 radical (unpaired) electrons. The molecule has 0 unspecified atom stereocenters. The van der Waals surface area contributed by atoms with Crippen molar-refractivity contribution in [3.8, 4) is 5.82 Å². The average molecular weight is 347 g/mol. The third-order valence-corrected chi connectivity index (χ3v) is 4.28. The van der Waals surface area contributed by atoms with Crippen molar-refractivity contribution in [1.82, 2.24) is 25.1 Å². The molecule has 0 aliphatic carbocycles. The highest BCUT2D eigenvalue weighted by molar-refractivity contribution is 5.94. The molecule has 0 saturated carbocycles. The van der Waals surface area contributed by atoms with Gasteiger partial charge in [0.15, 0.2) is 5.82 Å². The van der Waals surface area contributed by atoms with E-state index in [-0.39, 0.29) is 11.9 Å². The summed E-state index contributed by atoms with van der Waals surface area (Å²) in [4.78, 5) is 20.7. The van der Waals surface area contributed by atoms with Gasteiger partial charge >= 0.3 is 0 Å². The van der Waals surface area contributed by atoms with Gasteiger partial charge in [-0.1, -0.05) is 18.2 Å². The van der Waals surface area contributed by atoms with Crippen molar-refractivity contribution in [3.05, 3.63) is 72.1 Å². The number of carbonyl (C=O) groups excluding carboxylic acids is 1. The van der Waals surface area contributed by atoms with Crippen molar-refractivity contribution in [2.75, 3.05) is 0 Å². The van der Waals surface area contributed by atoms with Gasteiger partial charge < -0.3 is 9.73 Å². The molecule has 1 atom stereocenters. The number of amides is 1. The van der Waals surface area contributed by atoms with Gasteiger partial charge in [0.2, 0.25) is 0 Å². The summed E-state index contributed by atoms with van der Waals surface area (Å²) in [5.74, 6) is 1.08. The zero-order valence-electron chi connectivity index (χ0n) is 14.4. The Morgan fingerprint density at radius 2 is 2.12 bits per heavy atom. The smallest absolute Gasteiger partial charge is 0.252 e. The summed E-state index contributed by atoms with van der Waals surface area (Å²) in [6.07, 6.45) is 4.52. The number of hydrogen-bond acceptors (Lipinski definition) is 5. The van der Waals surface area contributed by atoms with Crippen LogP contribution in [0.25, 0.3) is 16.8 Å². The molecule has 1 N–H and O–H groups in total. The van der Waals surface area contributed by atoms with Crippen LogP contribution >= 0.6 is 0 Å². The maximum atomic E-state index is 12.7. The number of fused-ring (bicyclic) bond motifs is 1. The molecule has 1 amide bonds. The van der Waals surface area contributed by atoms with Gasteiger partial charge in [0, 0.05) is 22.7 Å². The van der Waals surface area contributed by atoms with E-state index in [1.165, 1.54) is 17.3 Å². The van der Waals surface area contributed by atoms with Crippen LogP contribution in [-0.4, -0.2) is 25.7 Å². The fraction of sp³-hybridized carbons (Fsp3) is 0.158. The molecule has 1 aromatic carbocycles. The first kappa shape index (κ1) is 16.0. The van der Waals surface area contributed by atoms with Gasteiger partial charge in [-0.3, -0.25) is 4.79 Å². The molecule has 7 nitrogen and oxygen atoms in total. The topological polar surface area (TPSA) is 85.8 Å². The van der Waals surface area contributed by atoms with Gasteiger partial charge in [-0.2, -0.15) is 5.10 Å². The Kier molecular flexibility index (Phi) is 3.96. The van der Waals surface area contributed by atoms with Gasteiger partial charge in [0.25, 0.3) is 5.91 Å². The summed E-state index contributed by atoms with van der Waals surface area (Å²) in [7, 11) is 0. The maximum absolute atomic E-state index is 12.7. The molecule has 0 bridgehead atoms. The molecule has 26 heavy (non-hydrogen) atoms. The molecule has 4 rings (SSSR count). The quantitative estimate of drug-likeness (QED) is 0.613. The molecule has 0 spiro atoms. The van der Waals surface area contributed by atoms with Crippen molar-refractivity contribution in [3.63, 3.8) is 0 Å². The SMILES string of the molecule is Cc1c([C@H](C)NC(=O)c2ccnc(-n3cncn3)c2)oc2ccccc12. The lowest BCUT2D eigenvalue weighted by molar-refractivity contribution is 0.0935. The monoisotopic (exact) mass is 347 g/mol. The highest BCUT2D eigenvalue weighted by Gasteiger charge is 2.19. The van der Waals surface area contributed by atoms with Crippen LogP contribution < -0.4 is 5.32 Å². The molecule has 3 aromatic heterocycles. The number of carbonyl (C=O) groups is 1. The minimum absolute atomic E-state index is 0.207. The molecule has 130 valence electrons. The molecule has 0 aliphatic heterocycles. The number of aryl methyl sites for hydroxylation is 1. The fourth-order valence-corrected chi connectivity index (χ4v) is 2.96. The highest BCUT2D eigenvalue weighted by atomic mass is 16.3. The lowest BCUT2D eigenvalue weighted by Crippen LogP contribution is -2.27. The summed E-state index contributed by atoms with van der Waals surface area (Å²) < 4.78 is 7.43. The lowest BCUT2D eigenvalue weighted by Gasteiger charge is -2.13. The summed E-state index contributed by atoms with van der Waals surface area (Å²) in [5.41, 5.74) is 2.34. The number of nitrogens with one attached hydrogen (secondary N) is 1. The molecule has 7 heteroatoms. The van der Waals surface area contributed by atoms with E-state index < -0.39 is 0 Å². The van der Waals surface area contributed by atoms with Crippen molar-refractivity contribution in [2.24, 2.45) is 0 Å². The molecule has 4 aromatic rings. The van der Waals surface area contributed by atoms with Crippen LogP contribution in [0.5, 0.6) is 0 Å². The van der Waals surface area contributed by atoms with Gasteiger partial charge in [0.1, 0.15) is 24.0 Å². The molecule has 0 aliphatic rings. The van der Waals surface area contributed by atoms with E-state index in [0.717, 1.165) is 22.3 Å². The Labute approximate surface area is 149 Å². The second-order valence-corrected chi connectivity index (χ2v) is 6.03. The van der Waals surface area contributed by atoms with Crippen LogP contribution in [0.3, 0.4) is 0 Å². The predicted octanol–water partition coefficient (Wildman–Crippen LogP) is 3.21. The van der Waals surface area contributed by atoms with E-state index in [2.05, 4.69) is 20.4 Å². The van der Waals surface area contributed by atoms with E-state index >= 15 is 0 Å². The van der Waals surface area contributed by atoms with Gasteiger partial charge in [-0.05, 0) is 32.0 Å². The van der Waals surface area contributed by atoms with Gasteiger partial charge in [-0.25, -0.2) is 14.6 Å². The number of furan rings is 1. The number of rotatable bonds is 4. The number of pyridine rings is 1. The first-order chi connectivity index (χ1) is 12.6. The number of benzene rings is 1. The Bertz CT molecular complexity index is 1070. The average Bonchev–Trinajstić information content (AvgIpc) is 3.31. The van der Waals surface area contributed by atoms with Crippen molar-refractivity contribution in [2.45, 2.75) is 19.9 Å². The first-order valence-corrected chi connectivity index (χ1v) is 8.23. The van der Waals surface area contributed by atoms with E-state index in [1.807, 2.05) is 38.1 Å². The Morgan fingerprint density at radius 3 is 2.88 bits per heavy atom. The molecular formula is C19H17N5O2. The maximum Gasteiger partial charge on any atom is 0.252 e. The minimum Gasteiger partial charge on any atom is -0.459 e. The molecule has 3 heterocycles. The normalized spacial score (nSPS) is 12.2. The van der Waals surface area contributed by atoms with Crippen LogP contribution in [0.2, 0.25) is 0 Å². The largest absolute Gasteiger partial charge is 0.459 e. The Balaban J connectivity index is 1.57. The third-order valence-electron chi connectivity index (χ3n) is 4.28. The minimum atomic E-state index is -0.266. The van der Waals surface area contributed by atoms with E-state index in [9.17, 15) is 4.79 Å². The fourth-order valence-electron chi connectivity index (χ4n) is 2.96. The third kappa shape index (κ3) is 2.83. The number of hydrogen-bond donors (Lipinski definition) is 1. The number of para-hydroxylation sites is 1. The van der Waals surface area contributed by atoms with E-state index in [1.54, 1.807) is 18.3 Å². The summed E-state index contributed by atoms with van der Waals surface area (Å²) in [5, 5.41) is 8.07. The predicted molar refractivity (Wildman–Crippen MR) is 96.0 cm³/mol. The lowest BCUT2D eigenvalue weighted by atomic mass is 10.1. The van der Waals surface area contributed by atoms with Crippen LogP contribution in [-0.2, 0) is 0 Å². The second-order valence-electron chi connectivity index (χ2n) is 6.03. The van der Waals surface area contributed by atoms with Crippen molar-refractivity contribution >= 4 is 16.9 Å². The van der Waals surface area contributed by atoms with Gasteiger partial charge in [-0.15, -0.1) is 0 Å². The van der Waals surface area contributed by atoms with Crippen LogP contribution in [0.15, 0.2) is 59.7 Å². The van der Waals surface area contributed by atoms with Gasteiger partial charge in [0.05, 0.1) is 6.04 Å². The van der Waals surface area contributed by atoms with Crippen LogP contribution in [0.4, 0.5) is 0 Å². The molecule has 0 saturated heterocycles. The second kappa shape index (κ2) is 6.44. The molecular weight excluding hydrogens is 330 g/mol. The van der Waals surface area contributed by atoms with Crippen molar-refractivity contribution in [1.29, 1.82) is 0 Å².